The van der Waals surface area contributed by atoms with Crippen molar-refractivity contribution in [2.45, 2.75) is 13.5 Å². The van der Waals surface area contributed by atoms with Crippen molar-refractivity contribution in [3.05, 3.63) is 5.69 Å². The summed E-state index contributed by atoms with van der Waals surface area (Å²) < 4.78 is 1.19. The van der Waals surface area contributed by atoms with E-state index in [4.69, 9.17) is 28.3 Å². The van der Waals surface area contributed by atoms with Crippen LogP contribution in [0.4, 0.5) is 21.1 Å². The van der Waals surface area contributed by atoms with Gasteiger partial charge in [-0.05, 0) is 6.92 Å². The molecule has 1 aromatic heterocycles. The Morgan fingerprint density at radius 1 is 1.26 bits per heavy atom. The van der Waals surface area contributed by atoms with E-state index in [1.54, 1.807) is 0 Å². The van der Waals surface area contributed by atoms with Crippen molar-refractivity contribution in [3.8, 4) is 0 Å². The highest BCUT2D eigenvalue weighted by Gasteiger charge is 2.27. The van der Waals surface area contributed by atoms with E-state index in [9.17, 15) is 9.59 Å². The van der Waals surface area contributed by atoms with Crippen LogP contribution in [0.2, 0.25) is 0 Å². The van der Waals surface area contributed by atoms with Gasteiger partial charge in [-0.3, -0.25) is 0 Å². The zero-order valence-electron chi connectivity index (χ0n) is 10.3. The van der Waals surface area contributed by atoms with Crippen molar-refractivity contribution in [1.82, 2.24) is 9.78 Å². The quantitative estimate of drug-likeness (QED) is 0.233. The fourth-order valence-corrected chi connectivity index (χ4v) is 1.55. The molecule has 0 fully saturated rings. The van der Waals surface area contributed by atoms with Gasteiger partial charge in [-0.1, -0.05) is 0 Å². The van der Waals surface area contributed by atoms with Crippen molar-refractivity contribution in [3.63, 3.8) is 0 Å². The van der Waals surface area contributed by atoms with Crippen LogP contribution in [0.3, 0.4) is 0 Å². The van der Waals surface area contributed by atoms with E-state index in [1.165, 1.54) is 11.6 Å². The third-order valence-electron chi connectivity index (χ3n) is 2.33. The molecule has 106 valence electrons. The summed E-state index contributed by atoms with van der Waals surface area (Å²) >= 11 is 0. The zero-order valence-corrected chi connectivity index (χ0v) is 10.3. The molecule has 0 saturated carbocycles. The van der Waals surface area contributed by atoms with Gasteiger partial charge in [-0.25, -0.2) is 36.0 Å². The molecule has 0 spiro atoms. The van der Waals surface area contributed by atoms with E-state index in [0.717, 1.165) is 0 Å². The molecule has 0 atom stereocenters. The number of hydrazine groups is 2. The fraction of sp³-hybridized carbons (Fsp3) is 0.375. The van der Waals surface area contributed by atoms with Crippen molar-refractivity contribution in [1.29, 1.82) is 0 Å². The number of aromatic nitrogens is 2. The zero-order chi connectivity index (χ0) is 14.7. The third-order valence-corrected chi connectivity index (χ3v) is 2.33. The normalized spacial score (nSPS) is 10.3. The minimum absolute atomic E-state index is 0.0299. The van der Waals surface area contributed by atoms with Gasteiger partial charge in [0, 0.05) is 0 Å². The third kappa shape index (κ3) is 2.73. The predicted octanol–water partition coefficient (Wildman–Crippen LogP) is -2.30. The van der Waals surface area contributed by atoms with Crippen LogP contribution in [0.5, 0.6) is 0 Å². The summed E-state index contributed by atoms with van der Waals surface area (Å²) in [4.78, 5) is 22.3. The van der Waals surface area contributed by atoms with Gasteiger partial charge in [0.2, 0.25) is 0 Å². The number of primary amides is 2. The Labute approximate surface area is 108 Å². The Bertz CT molecular complexity index is 498. The molecule has 0 aliphatic heterocycles. The number of amides is 4. The molecule has 0 saturated heterocycles. The molecule has 0 unspecified atom stereocenters. The number of nitrogens with two attached hydrogens (primary N) is 4. The van der Waals surface area contributed by atoms with Crippen LogP contribution in [-0.4, -0.2) is 33.6 Å². The van der Waals surface area contributed by atoms with Crippen LogP contribution in [0, 0.1) is 6.92 Å². The summed E-state index contributed by atoms with van der Waals surface area (Å²) in [5, 5.41) is 14.1. The largest absolute Gasteiger partial charge is 0.394 e. The van der Waals surface area contributed by atoms with E-state index < -0.39 is 12.1 Å². The molecule has 9 N–H and O–H groups in total. The first-order valence-corrected chi connectivity index (χ1v) is 5.18. The van der Waals surface area contributed by atoms with Crippen molar-refractivity contribution in [2.24, 2.45) is 23.2 Å². The van der Waals surface area contributed by atoms with Gasteiger partial charge in [0.05, 0.1) is 18.8 Å². The fourth-order valence-electron chi connectivity index (χ4n) is 1.55. The lowest BCUT2D eigenvalue weighted by Gasteiger charge is -2.20. The van der Waals surface area contributed by atoms with Crippen molar-refractivity contribution in [2.75, 3.05) is 16.6 Å². The number of aliphatic hydroxyl groups is 1. The molecular weight excluding hydrogens is 256 g/mol. The number of carbonyl (C=O) groups excluding carboxylic acids is 2. The second kappa shape index (κ2) is 5.51. The molecule has 0 aliphatic rings. The highest BCUT2D eigenvalue weighted by molar-refractivity contribution is 5.98. The van der Waals surface area contributed by atoms with E-state index in [1.807, 2.05) is 0 Å². The lowest BCUT2D eigenvalue weighted by molar-refractivity contribution is 0.251. The minimum Gasteiger partial charge on any atom is -0.394 e. The smallest absolute Gasteiger partial charge is 0.335 e. The van der Waals surface area contributed by atoms with E-state index in [2.05, 4.69) is 5.10 Å². The minimum atomic E-state index is -0.988. The van der Waals surface area contributed by atoms with Crippen LogP contribution in [-0.2, 0) is 6.54 Å². The number of aryl methyl sites for hydroxylation is 1. The van der Waals surface area contributed by atoms with Gasteiger partial charge in [-0.2, -0.15) is 5.10 Å². The highest BCUT2D eigenvalue weighted by atomic mass is 16.3. The van der Waals surface area contributed by atoms with Gasteiger partial charge in [0.1, 0.15) is 5.69 Å². The second-order valence-electron chi connectivity index (χ2n) is 3.62. The van der Waals surface area contributed by atoms with Crippen molar-refractivity contribution >= 4 is 23.6 Å². The average Bonchev–Trinajstić information content (AvgIpc) is 2.64. The van der Waals surface area contributed by atoms with Crippen molar-refractivity contribution < 1.29 is 14.7 Å². The standard InChI is InChI=1S/C8H16N8O3/c1-4-5(15(11)7(9)18)6(16(12)8(10)19)14(13-4)2-3-17/h17H,2-3,11-12H2,1H3,(H2,9,18)(H2,10,19). The number of aliphatic hydroxyl groups excluding tert-OH is 1. The molecule has 0 aromatic carbocycles. The number of anilines is 2. The highest BCUT2D eigenvalue weighted by Crippen LogP contribution is 2.30. The van der Waals surface area contributed by atoms with E-state index >= 15 is 0 Å². The molecule has 0 radical (unpaired) electrons. The molecule has 11 nitrogen and oxygen atoms in total. The molecule has 4 amide bonds. The summed E-state index contributed by atoms with van der Waals surface area (Å²) in [6, 6.07) is -1.95. The lowest BCUT2D eigenvalue weighted by Crippen LogP contribution is -2.46. The molecule has 1 aromatic rings. The molecule has 0 bridgehead atoms. The molecular formula is C8H16N8O3. The van der Waals surface area contributed by atoms with Crippen LogP contribution in [0.15, 0.2) is 0 Å². The molecule has 1 heterocycles. The number of urea groups is 2. The lowest BCUT2D eigenvalue weighted by atomic mass is 10.3. The summed E-state index contributed by atoms with van der Waals surface area (Å²) in [5.74, 6) is 11.0. The number of rotatable bonds is 4. The van der Waals surface area contributed by atoms with Gasteiger partial charge in [0.25, 0.3) is 0 Å². The average molecular weight is 272 g/mol. The maximum absolute atomic E-state index is 11.2. The molecule has 1 rings (SSSR count). The molecule has 19 heavy (non-hydrogen) atoms. The second-order valence-corrected chi connectivity index (χ2v) is 3.62. The van der Waals surface area contributed by atoms with Crippen LogP contribution >= 0.6 is 0 Å². The number of carbonyl (C=O) groups is 2. The Balaban J connectivity index is 3.43. The Morgan fingerprint density at radius 2 is 1.79 bits per heavy atom. The number of hydrogen-bond donors (Lipinski definition) is 5. The maximum Gasteiger partial charge on any atom is 0.335 e. The first-order valence-electron chi connectivity index (χ1n) is 5.18. The first-order chi connectivity index (χ1) is 8.81. The number of nitrogens with zero attached hydrogens (tertiary/aromatic N) is 4. The summed E-state index contributed by atoms with van der Waals surface area (Å²) in [6.45, 7) is 1.30. The Kier molecular flexibility index (Phi) is 4.26. The van der Waals surface area contributed by atoms with Crippen LogP contribution < -0.4 is 33.2 Å². The molecule has 11 heteroatoms. The number of hydrogen-bond acceptors (Lipinski definition) is 6. The van der Waals surface area contributed by atoms with Gasteiger partial charge < -0.3 is 16.6 Å². The van der Waals surface area contributed by atoms with Crippen LogP contribution in [0.1, 0.15) is 5.69 Å². The van der Waals surface area contributed by atoms with Crippen LogP contribution in [0.25, 0.3) is 0 Å². The maximum atomic E-state index is 11.2. The summed E-state index contributed by atoms with van der Waals surface area (Å²) in [6.07, 6.45) is 0. The van der Waals surface area contributed by atoms with Gasteiger partial charge in [-0.15, -0.1) is 0 Å². The molecule has 0 aliphatic carbocycles. The summed E-state index contributed by atoms with van der Waals surface area (Å²) in [5.41, 5.74) is 10.5. The van der Waals surface area contributed by atoms with E-state index in [0.29, 0.717) is 15.7 Å². The van der Waals surface area contributed by atoms with Gasteiger partial charge in [0.15, 0.2) is 5.82 Å². The predicted molar refractivity (Wildman–Crippen MR) is 66.5 cm³/mol. The monoisotopic (exact) mass is 272 g/mol. The van der Waals surface area contributed by atoms with E-state index in [-0.39, 0.29) is 24.7 Å². The topological polar surface area (TPSA) is 183 Å². The summed E-state index contributed by atoms with van der Waals surface area (Å²) in [7, 11) is 0. The van der Waals surface area contributed by atoms with Gasteiger partial charge >= 0.3 is 12.1 Å². The SMILES string of the molecule is Cc1nn(CCO)c(N(N)C(N)=O)c1N(N)C(N)=O. The Hall–Kier alpha value is -2.37. The first kappa shape index (κ1) is 14.7. The Morgan fingerprint density at radius 3 is 2.21 bits per heavy atom.